The molecule has 174 valence electrons. The molecule has 0 amide bonds. The van der Waals surface area contributed by atoms with Crippen molar-refractivity contribution in [1.29, 1.82) is 0 Å². The quantitative estimate of drug-likeness (QED) is 0.549. The molecule has 0 saturated carbocycles. The molecule has 0 bridgehead atoms. The van der Waals surface area contributed by atoms with E-state index in [-0.39, 0.29) is 41.9 Å². The first-order valence-corrected chi connectivity index (χ1v) is 11.0. The van der Waals surface area contributed by atoms with Gasteiger partial charge in [-0.25, -0.2) is 8.78 Å². The minimum atomic E-state index is -0.784. The van der Waals surface area contributed by atoms with Crippen LogP contribution in [0.5, 0.6) is 6.01 Å². The Bertz CT molecular complexity index is 1190. The summed E-state index contributed by atoms with van der Waals surface area (Å²) < 4.78 is 47.1. The first-order chi connectivity index (χ1) is 16.0. The van der Waals surface area contributed by atoms with Gasteiger partial charge in [0, 0.05) is 24.8 Å². The predicted molar refractivity (Wildman–Crippen MR) is 114 cm³/mol. The summed E-state index contributed by atoms with van der Waals surface area (Å²) in [6.07, 6.45) is -1.80. The highest BCUT2D eigenvalue weighted by Crippen LogP contribution is 2.35. The monoisotopic (exact) mass is 459 g/mol. The number of benzene rings is 2. The molecule has 10 heteroatoms. The van der Waals surface area contributed by atoms with Crippen molar-refractivity contribution in [2.24, 2.45) is 0 Å². The van der Waals surface area contributed by atoms with Crippen molar-refractivity contribution >= 4 is 16.7 Å². The van der Waals surface area contributed by atoms with Crippen molar-refractivity contribution in [3.8, 4) is 17.1 Å². The molecule has 3 aliphatic heterocycles. The first-order valence-electron chi connectivity index (χ1n) is 11.0. The van der Waals surface area contributed by atoms with Gasteiger partial charge in [-0.1, -0.05) is 12.1 Å². The first kappa shape index (κ1) is 20.8. The number of aliphatic hydroxyl groups excluding tert-OH is 2. The summed E-state index contributed by atoms with van der Waals surface area (Å²) in [6.45, 7) is 1.65. The summed E-state index contributed by atoms with van der Waals surface area (Å²) in [5, 5.41) is 19.6. The largest absolute Gasteiger partial charge is 0.456 e. The molecule has 3 saturated heterocycles. The van der Waals surface area contributed by atoms with Gasteiger partial charge in [0.25, 0.3) is 6.01 Å². The van der Waals surface area contributed by atoms with Crippen LogP contribution in [0, 0.1) is 11.6 Å². The van der Waals surface area contributed by atoms with Crippen molar-refractivity contribution in [3.63, 3.8) is 0 Å². The highest BCUT2D eigenvalue weighted by molar-refractivity contribution is 5.84. The molecule has 2 aromatic carbocycles. The van der Waals surface area contributed by atoms with Gasteiger partial charge in [0.2, 0.25) is 0 Å². The number of aromatic amines is 1. The summed E-state index contributed by atoms with van der Waals surface area (Å²) in [6, 6.07) is 8.14. The zero-order valence-corrected chi connectivity index (χ0v) is 17.6. The molecule has 3 aliphatic rings. The second-order valence-electron chi connectivity index (χ2n) is 8.74. The molecule has 4 heterocycles. The number of nitrogens with one attached hydrogen (secondary N) is 1. The number of aliphatic hydroxyl groups is 2. The van der Waals surface area contributed by atoms with Crippen LogP contribution >= 0.6 is 0 Å². The van der Waals surface area contributed by atoms with Crippen LogP contribution in [0.4, 0.5) is 14.5 Å². The van der Waals surface area contributed by atoms with Crippen LogP contribution in [0.2, 0.25) is 0 Å². The van der Waals surface area contributed by atoms with Gasteiger partial charge in [-0.2, -0.15) is 4.98 Å². The maximum Gasteiger partial charge on any atom is 0.295 e. The third-order valence-corrected chi connectivity index (χ3v) is 6.58. The molecule has 1 aromatic heterocycles. The Balaban J connectivity index is 1.27. The van der Waals surface area contributed by atoms with Crippen molar-refractivity contribution in [1.82, 2.24) is 9.97 Å². The van der Waals surface area contributed by atoms with E-state index >= 15 is 4.39 Å². The SMILES string of the molecule is OC1CCN(c2ccc(-c3c(F)cc4[nH]c(OC5COC6C(O)COC56)nc4c3F)cc2)C1. The second kappa shape index (κ2) is 7.91. The smallest absolute Gasteiger partial charge is 0.295 e. The van der Waals surface area contributed by atoms with E-state index < -0.39 is 36.1 Å². The van der Waals surface area contributed by atoms with Crippen LogP contribution in [0.1, 0.15) is 6.42 Å². The molecule has 5 atom stereocenters. The van der Waals surface area contributed by atoms with Crippen LogP contribution in [0.15, 0.2) is 30.3 Å². The van der Waals surface area contributed by atoms with E-state index in [1.807, 2.05) is 4.90 Å². The standard InChI is InChI=1S/C23H23F2N3O5/c24-14-7-15-20(27-23(26-15)33-17-10-32-21-16(30)9-31-22(17)21)19(25)18(14)11-1-3-12(4-2-11)28-6-5-13(29)8-28/h1-4,7,13,16-17,21-22,29-30H,5-6,8-10H2,(H,26,27). The highest BCUT2D eigenvalue weighted by atomic mass is 19.1. The molecule has 0 radical (unpaired) electrons. The Morgan fingerprint density at radius 1 is 1.09 bits per heavy atom. The number of ether oxygens (including phenoxy) is 3. The Labute approximate surface area is 187 Å². The average Bonchev–Trinajstić information content (AvgIpc) is 3.56. The molecule has 33 heavy (non-hydrogen) atoms. The lowest BCUT2D eigenvalue weighted by Crippen LogP contribution is -2.34. The van der Waals surface area contributed by atoms with Gasteiger partial charge in [-0.05, 0) is 24.1 Å². The molecule has 3 aromatic rings. The highest BCUT2D eigenvalue weighted by Gasteiger charge is 2.48. The van der Waals surface area contributed by atoms with Gasteiger partial charge in [-0.3, -0.25) is 0 Å². The number of nitrogens with zero attached hydrogens (tertiary/aromatic N) is 2. The van der Waals surface area contributed by atoms with E-state index in [1.165, 1.54) is 6.07 Å². The molecule has 6 rings (SSSR count). The van der Waals surface area contributed by atoms with E-state index in [0.717, 1.165) is 12.2 Å². The molecule has 3 N–H and O–H groups in total. The average molecular weight is 459 g/mol. The van der Waals surface area contributed by atoms with Crippen LogP contribution in [-0.4, -0.2) is 77.0 Å². The third kappa shape index (κ3) is 3.54. The van der Waals surface area contributed by atoms with Gasteiger partial charge in [0.1, 0.15) is 29.6 Å². The lowest BCUT2D eigenvalue weighted by atomic mass is 10.0. The third-order valence-electron chi connectivity index (χ3n) is 6.58. The van der Waals surface area contributed by atoms with Crippen molar-refractivity contribution in [2.75, 3.05) is 31.2 Å². The number of β-amino-alcohol motifs (C(OH)–C–C–N with tert-alkyl or cyclic N) is 1. The fraction of sp³-hybridized carbons (Fsp3) is 0.435. The summed E-state index contributed by atoms with van der Waals surface area (Å²) in [4.78, 5) is 9.04. The van der Waals surface area contributed by atoms with Crippen LogP contribution in [-0.2, 0) is 9.47 Å². The number of anilines is 1. The number of hydrogen-bond donors (Lipinski definition) is 3. The van der Waals surface area contributed by atoms with E-state index in [4.69, 9.17) is 14.2 Å². The van der Waals surface area contributed by atoms with Crippen LogP contribution in [0.25, 0.3) is 22.2 Å². The molecule has 8 nitrogen and oxygen atoms in total. The Hall–Kier alpha value is -2.79. The van der Waals surface area contributed by atoms with Gasteiger partial charge < -0.3 is 34.3 Å². The summed E-state index contributed by atoms with van der Waals surface area (Å²) in [5.74, 6) is -1.50. The van der Waals surface area contributed by atoms with Crippen molar-refractivity contribution < 1.29 is 33.2 Å². The fourth-order valence-electron chi connectivity index (χ4n) is 4.88. The van der Waals surface area contributed by atoms with Gasteiger partial charge >= 0.3 is 0 Å². The fourth-order valence-corrected chi connectivity index (χ4v) is 4.88. The zero-order chi connectivity index (χ0) is 22.7. The lowest BCUT2D eigenvalue weighted by molar-refractivity contribution is 0.00706. The summed E-state index contributed by atoms with van der Waals surface area (Å²) >= 11 is 0. The Morgan fingerprint density at radius 2 is 1.88 bits per heavy atom. The number of fused-ring (bicyclic) bond motifs is 2. The van der Waals surface area contributed by atoms with Crippen LogP contribution < -0.4 is 9.64 Å². The van der Waals surface area contributed by atoms with E-state index in [0.29, 0.717) is 18.5 Å². The van der Waals surface area contributed by atoms with E-state index in [9.17, 15) is 14.6 Å². The minimum Gasteiger partial charge on any atom is -0.456 e. The predicted octanol–water partition coefficient (Wildman–Crippen LogP) is 1.98. The number of hydrogen-bond acceptors (Lipinski definition) is 7. The van der Waals surface area contributed by atoms with Crippen molar-refractivity contribution in [3.05, 3.63) is 42.0 Å². The van der Waals surface area contributed by atoms with E-state index in [2.05, 4.69) is 9.97 Å². The summed E-state index contributed by atoms with van der Waals surface area (Å²) in [7, 11) is 0. The van der Waals surface area contributed by atoms with E-state index in [1.54, 1.807) is 24.3 Å². The minimum absolute atomic E-state index is 0.0302. The molecule has 5 unspecified atom stereocenters. The van der Waals surface area contributed by atoms with Gasteiger partial charge in [-0.15, -0.1) is 0 Å². The number of aromatic nitrogens is 2. The Morgan fingerprint density at radius 3 is 2.64 bits per heavy atom. The maximum atomic E-state index is 15.4. The number of halogens is 2. The lowest BCUT2D eigenvalue weighted by Gasteiger charge is -2.18. The maximum absolute atomic E-state index is 15.4. The zero-order valence-electron chi connectivity index (χ0n) is 17.6. The topological polar surface area (TPSA) is 100 Å². The number of rotatable bonds is 4. The number of H-pyrrole nitrogens is 1. The second-order valence-corrected chi connectivity index (χ2v) is 8.74. The van der Waals surface area contributed by atoms with Gasteiger partial charge in [0.15, 0.2) is 11.9 Å². The molecule has 0 aliphatic carbocycles. The molecule has 0 spiro atoms. The van der Waals surface area contributed by atoms with Gasteiger partial charge in [0.05, 0.1) is 30.4 Å². The molecular formula is C23H23F2N3O5. The molecule has 3 fully saturated rings. The normalized spacial score (nSPS) is 29.2. The number of imidazole rings is 1. The summed E-state index contributed by atoms with van der Waals surface area (Å²) in [5.41, 5.74) is 1.26. The Kier molecular flexibility index (Phi) is 4.98. The van der Waals surface area contributed by atoms with Crippen molar-refractivity contribution in [2.45, 2.75) is 36.9 Å². The molecular weight excluding hydrogens is 436 g/mol. The van der Waals surface area contributed by atoms with Crippen LogP contribution in [0.3, 0.4) is 0 Å².